The first-order valence-corrected chi connectivity index (χ1v) is 7.94. The van der Waals surface area contributed by atoms with E-state index in [1.165, 1.54) is 0 Å². The lowest BCUT2D eigenvalue weighted by Crippen LogP contribution is -2.38. The first-order valence-electron chi connectivity index (χ1n) is 7.56. The van der Waals surface area contributed by atoms with Gasteiger partial charge in [0.1, 0.15) is 6.10 Å². The fourth-order valence-corrected chi connectivity index (χ4v) is 2.61. The molecular formula is C17H22ClN3O2. The van der Waals surface area contributed by atoms with Gasteiger partial charge in [-0.15, -0.1) is 0 Å². The van der Waals surface area contributed by atoms with Gasteiger partial charge in [0.25, 0.3) is 0 Å². The quantitative estimate of drug-likeness (QED) is 0.845. The van der Waals surface area contributed by atoms with E-state index in [4.69, 9.17) is 16.3 Å². The lowest BCUT2D eigenvalue weighted by atomic mass is 10.0. The van der Waals surface area contributed by atoms with Crippen LogP contribution in [0.5, 0.6) is 0 Å². The number of aryl methyl sites for hydroxylation is 2. The van der Waals surface area contributed by atoms with Gasteiger partial charge in [0.15, 0.2) is 0 Å². The molecule has 0 saturated carbocycles. The van der Waals surface area contributed by atoms with Gasteiger partial charge in [-0.1, -0.05) is 23.7 Å². The Kier molecular flexibility index (Phi) is 6.19. The highest BCUT2D eigenvalue weighted by Crippen LogP contribution is 2.22. The van der Waals surface area contributed by atoms with Crippen molar-refractivity contribution in [2.45, 2.75) is 39.0 Å². The molecule has 0 fully saturated rings. The second-order valence-corrected chi connectivity index (χ2v) is 6.03. The zero-order valence-corrected chi connectivity index (χ0v) is 14.4. The van der Waals surface area contributed by atoms with E-state index in [9.17, 15) is 4.79 Å². The van der Waals surface area contributed by atoms with E-state index in [1.807, 2.05) is 44.3 Å². The molecule has 0 aliphatic carbocycles. The molecule has 0 aliphatic heterocycles. The maximum atomic E-state index is 12.1. The van der Waals surface area contributed by atoms with Crippen LogP contribution >= 0.6 is 11.6 Å². The molecule has 0 aliphatic rings. The first kappa shape index (κ1) is 17.5. The average molecular weight is 336 g/mol. The number of aromatic nitrogens is 2. The zero-order chi connectivity index (χ0) is 16.8. The van der Waals surface area contributed by atoms with Gasteiger partial charge in [-0.2, -0.15) is 5.10 Å². The summed E-state index contributed by atoms with van der Waals surface area (Å²) in [6.45, 7) is 4.46. The predicted molar refractivity (Wildman–Crippen MR) is 90.4 cm³/mol. The third-order valence-electron chi connectivity index (χ3n) is 3.63. The lowest BCUT2D eigenvalue weighted by Gasteiger charge is -2.24. The highest BCUT2D eigenvalue weighted by atomic mass is 35.5. The van der Waals surface area contributed by atoms with E-state index in [2.05, 4.69) is 10.4 Å². The predicted octanol–water partition coefficient (Wildman–Crippen LogP) is 3.13. The summed E-state index contributed by atoms with van der Waals surface area (Å²) in [4.78, 5) is 12.1. The minimum atomic E-state index is -0.219. The van der Waals surface area contributed by atoms with Gasteiger partial charge >= 0.3 is 0 Å². The maximum absolute atomic E-state index is 12.1. The normalized spacial score (nSPS) is 13.6. The van der Waals surface area contributed by atoms with E-state index < -0.39 is 0 Å². The molecule has 0 radical (unpaired) electrons. The molecule has 2 aromatic rings. The maximum Gasteiger partial charge on any atom is 0.222 e. The Morgan fingerprint density at radius 1 is 1.39 bits per heavy atom. The van der Waals surface area contributed by atoms with Crippen LogP contribution in [0.1, 0.15) is 30.6 Å². The Balaban J connectivity index is 1.89. The molecule has 1 heterocycles. The number of nitrogens with zero attached hydrogens (tertiary/aromatic N) is 2. The second kappa shape index (κ2) is 8.13. The molecule has 0 saturated heterocycles. The van der Waals surface area contributed by atoms with Crippen molar-refractivity contribution in [3.05, 3.63) is 52.8 Å². The van der Waals surface area contributed by atoms with Gasteiger partial charge in [-0.25, -0.2) is 0 Å². The molecule has 5 nitrogen and oxygen atoms in total. The van der Waals surface area contributed by atoms with E-state index in [0.717, 1.165) is 11.1 Å². The minimum Gasteiger partial charge on any atom is -0.375 e. The van der Waals surface area contributed by atoms with Gasteiger partial charge < -0.3 is 10.1 Å². The fourth-order valence-electron chi connectivity index (χ4n) is 2.49. The van der Waals surface area contributed by atoms with Crippen molar-refractivity contribution in [3.8, 4) is 0 Å². The van der Waals surface area contributed by atoms with Crippen molar-refractivity contribution in [2.24, 2.45) is 0 Å². The Hall–Kier alpha value is -1.85. The van der Waals surface area contributed by atoms with Crippen molar-refractivity contribution >= 4 is 17.5 Å². The highest BCUT2D eigenvalue weighted by Gasteiger charge is 2.20. The van der Waals surface area contributed by atoms with Crippen molar-refractivity contribution in [2.75, 3.05) is 7.11 Å². The third-order valence-corrected chi connectivity index (χ3v) is 3.88. The minimum absolute atomic E-state index is 0.0262. The summed E-state index contributed by atoms with van der Waals surface area (Å²) in [6.07, 6.45) is 3.86. The van der Waals surface area contributed by atoms with Crippen LogP contribution in [0, 0.1) is 6.92 Å². The van der Waals surface area contributed by atoms with Gasteiger partial charge in [0.2, 0.25) is 5.91 Å². The first-order chi connectivity index (χ1) is 11.0. The smallest absolute Gasteiger partial charge is 0.222 e. The van der Waals surface area contributed by atoms with Crippen LogP contribution in [0.15, 0.2) is 36.7 Å². The van der Waals surface area contributed by atoms with Gasteiger partial charge in [0.05, 0.1) is 12.2 Å². The van der Waals surface area contributed by atoms with Crippen LogP contribution in [0.25, 0.3) is 0 Å². The number of amides is 1. The molecular weight excluding hydrogens is 314 g/mol. The van der Waals surface area contributed by atoms with E-state index in [-0.39, 0.29) is 18.1 Å². The van der Waals surface area contributed by atoms with Crippen LogP contribution in [-0.4, -0.2) is 28.8 Å². The lowest BCUT2D eigenvalue weighted by molar-refractivity contribution is -0.123. The van der Waals surface area contributed by atoms with Crippen molar-refractivity contribution < 1.29 is 9.53 Å². The summed E-state index contributed by atoms with van der Waals surface area (Å²) < 4.78 is 7.30. The van der Waals surface area contributed by atoms with E-state index in [0.29, 0.717) is 18.0 Å². The Morgan fingerprint density at radius 2 is 2.09 bits per heavy atom. The number of methoxy groups -OCH3 is 1. The molecule has 124 valence electrons. The number of halogens is 1. The largest absolute Gasteiger partial charge is 0.375 e. The Labute approximate surface area is 141 Å². The zero-order valence-electron chi connectivity index (χ0n) is 13.6. The second-order valence-electron chi connectivity index (χ2n) is 5.59. The van der Waals surface area contributed by atoms with Crippen LogP contribution in [0.2, 0.25) is 5.02 Å². The molecule has 2 rings (SSSR count). The van der Waals surface area contributed by atoms with Crippen LogP contribution in [0.3, 0.4) is 0 Å². The van der Waals surface area contributed by atoms with Crippen LogP contribution < -0.4 is 5.32 Å². The third kappa shape index (κ3) is 5.08. The summed E-state index contributed by atoms with van der Waals surface area (Å²) in [7, 11) is 1.63. The van der Waals surface area contributed by atoms with Crippen LogP contribution in [0.4, 0.5) is 0 Å². The summed E-state index contributed by atoms with van der Waals surface area (Å²) >= 11 is 5.91. The van der Waals surface area contributed by atoms with E-state index >= 15 is 0 Å². The molecule has 1 N–H and O–H groups in total. The van der Waals surface area contributed by atoms with Crippen molar-refractivity contribution in [1.82, 2.24) is 15.1 Å². The SMILES string of the molecule is CO[C@H](c1ccc(Cl)cc1)[C@H](C)NC(=O)CCn1cc(C)cn1. The number of benzene rings is 1. The standard InChI is InChI=1S/C17H22ClN3O2/c1-12-10-19-21(11-12)9-8-16(22)20-13(2)17(23-3)14-4-6-15(18)7-5-14/h4-7,10-11,13,17H,8-9H2,1-3H3,(H,20,22)/t13-,17-/m0/s1. The van der Waals surface area contributed by atoms with Crippen molar-refractivity contribution in [1.29, 1.82) is 0 Å². The molecule has 6 heteroatoms. The average Bonchev–Trinajstić information content (AvgIpc) is 2.93. The summed E-state index contributed by atoms with van der Waals surface area (Å²) in [6, 6.07) is 7.31. The van der Waals surface area contributed by atoms with Crippen LogP contribution in [-0.2, 0) is 16.1 Å². The number of hydrogen-bond acceptors (Lipinski definition) is 3. The molecule has 23 heavy (non-hydrogen) atoms. The molecule has 1 aromatic heterocycles. The Morgan fingerprint density at radius 3 is 2.65 bits per heavy atom. The summed E-state index contributed by atoms with van der Waals surface area (Å²) in [5, 5.41) is 7.83. The van der Waals surface area contributed by atoms with Gasteiger partial charge in [-0.05, 0) is 37.1 Å². The highest BCUT2D eigenvalue weighted by molar-refractivity contribution is 6.30. The summed E-state index contributed by atoms with van der Waals surface area (Å²) in [5.74, 6) is -0.0262. The molecule has 1 amide bonds. The van der Waals surface area contributed by atoms with Gasteiger partial charge in [0, 0.05) is 31.3 Å². The van der Waals surface area contributed by atoms with E-state index in [1.54, 1.807) is 18.0 Å². The number of rotatable bonds is 7. The monoisotopic (exact) mass is 335 g/mol. The molecule has 1 aromatic carbocycles. The number of ether oxygens (including phenoxy) is 1. The molecule has 0 bridgehead atoms. The molecule has 2 atom stereocenters. The fraction of sp³-hybridized carbons (Fsp3) is 0.412. The van der Waals surface area contributed by atoms with Gasteiger partial charge in [-0.3, -0.25) is 9.48 Å². The summed E-state index contributed by atoms with van der Waals surface area (Å²) in [5.41, 5.74) is 2.06. The molecule has 0 unspecified atom stereocenters. The number of nitrogens with one attached hydrogen (secondary N) is 1. The molecule has 0 spiro atoms. The Bertz CT molecular complexity index is 640. The van der Waals surface area contributed by atoms with Crippen molar-refractivity contribution in [3.63, 3.8) is 0 Å². The topological polar surface area (TPSA) is 56.1 Å². The number of carbonyl (C=O) groups excluding carboxylic acids is 1. The number of carbonyl (C=O) groups is 1. The number of hydrogen-bond donors (Lipinski definition) is 1.